The van der Waals surface area contributed by atoms with E-state index < -0.39 is 5.92 Å². The van der Waals surface area contributed by atoms with Gasteiger partial charge in [0.2, 0.25) is 11.0 Å². The van der Waals surface area contributed by atoms with Crippen molar-refractivity contribution >= 4 is 61.5 Å². The Kier molecular flexibility index (Phi) is 7.65. The third kappa shape index (κ3) is 5.46. The predicted molar refractivity (Wildman–Crippen MR) is 159 cm³/mol. The Morgan fingerprint density at radius 3 is 2.75 bits per heavy atom. The molecular formula is C28H27BrN6O3S2. The molecule has 40 heavy (non-hydrogen) atoms. The molecule has 0 saturated carbocycles. The monoisotopic (exact) mass is 638 g/mol. The largest absolute Gasteiger partial charge is 0.465 e. The minimum Gasteiger partial charge on any atom is -0.465 e. The predicted octanol–water partition coefficient (Wildman–Crippen LogP) is 6.18. The molecule has 2 aromatic heterocycles. The molecule has 0 fully saturated rings. The number of furan rings is 1. The minimum atomic E-state index is -0.680. The number of nitrogens with two attached hydrogens (primary N) is 1. The van der Waals surface area contributed by atoms with Crippen LogP contribution in [0.25, 0.3) is 0 Å². The maximum atomic E-state index is 13.6. The number of halogens is 1. The standard InChI is InChI=1S/C28H27BrN6O3S2/c1-14-9-16(29)6-7-18(14)32-22(37)13-39-27-34-33-26(40-27)35-19-10-28(3,4)11-20(36)24(19)23(17(12-30)25(35)31)21-8-5-15(2)38-21/h5-9,23H,10-11,13,31H2,1-4H3,(H,32,37). The van der Waals surface area contributed by atoms with Crippen molar-refractivity contribution in [1.82, 2.24) is 10.2 Å². The van der Waals surface area contributed by atoms with E-state index in [2.05, 4.69) is 37.5 Å². The fourth-order valence-electron chi connectivity index (χ4n) is 5.05. The summed E-state index contributed by atoms with van der Waals surface area (Å²) in [6.07, 6.45) is 0.902. The first-order valence-corrected chi connectivity index (χ1v) is 15.1. The van der Waals surface area contributed by atoms with Crippen molar-refractivity contribution in [3.05, 3.63) is 74.6 Å². The summed E-state index contributed by atoms with van der Waals surface area (Å²) in [4.78, 5) is 27.9. The van der Waals surface area contributed by atoms with Crippen LogP contribution >= 0.6 is 39.0 Å². The second-order valence-corrected chi connectivity index (χ2v) is 13.7. The van der Waals surface area contributed by atoms with Crippen molar-refractivity contribution in [2.45, 2.75) is 50.8 Å². The molecule has 0 radical (unpaired) electrons. The lowest BCUT2D eigenvalue weighted by atomic mass is 9.69. The molecule has 3 aromatic rings. The SMILES string of the molecule is Cc1ccc(C2C(C#N)=C(N)N(c3nnc(SCC(=O)Nc4ccc(Br)cc4C)s3)C3=C2C(=O)CC(C)(C)C3)o1. The molecular weight excluding hydrogens is 612 g/mol. The Hall–Kier alpha value is -3.40. The number of Topliss-reactive ketones (excluding diaryl/α,β-unsaturated/α-hetero) is 1. The maximum absolute atomic E-state index is 13.6. The van der Waals surface area contributed by atoms with Crippen molar-refractivity contribution in [1.29, 1.82) is 5.26 Å². The lowest BCUT2D eigenvalue weighted by molar-refractivity contribution is -0.118. The minimum absolute atomic E-state index is 0.0467. The topological polar surface area (TPSA) is 138 Å². The van der Waals surface area contributed by atoms with E-state index in [4.69, 9.17) is 10.2 Å². The average molecular weight is 640 g/mol. The van der Waals surface area contributed by atoms with Crippen LogP contribution in [0, 0.1) is 30.6 Å². The number of hydrogen-bond acceptors (Lipinski definition) is 10. The molecule has 1 amide bonds. The van der Waals surface area contributed by atoms with E-state index in [1.54, 1.807) is 11.0 Å². The maximum Gasteiger partial charge on any atom is 0.234 e. The molecule has 3 N–H and O–H groups in total. The fourth-order valence-corrected chi connectivity index (χ4v) is 7.21. The highest BCUT2D eigenvalue weighted by Gasteiger charge is 2.46. The molecule has 206 valence electrons. The Balaban J connectivity index is 1.44. The average Bonchev–Trinajstić information content (AvgIpc) is 3.52. The van der Waals surface area contributed by atoms with E-state index >= 15 is 0 Å². The molecule has 1 unspecified atom stereocenters. The molecule has 3 heterocycles. The molecule has 1 aliphatic heterocycles. The summed E-state index contributed by atoms with van der Waals surface area (Å²) in [7, 11) is 0. The molecule has 0 saturated heterocycles. The van der Waals surface area contributed by atoms with Gasteiger partial charge in [-0.2, -0.15) is 5.26 Å². The number of anilines is 2. The van der Waals surface area contributed by atoms with Crippen LogP contribution in [-0.4, -0.2) is 27.6 Å². The number of amides is 1. The van der Waals surface area contributed by atoms with Gasteiger partial charge in [0.25, 0.3) is 0 Å². The summed E-state index contributed by atoms with van der Waals surface area (Å²) in [6, 6.07) is 11.5. The number of allylic oxidation sites excluding steroid dienone is 3. The number of rotatable bonds is 6. The third-order valence-electron chi connectivity index (χ3n) is 6.80. The Bertz CT molecular complexity index is 1630. The normalized spacial score (nSPS) is 18.6. The van der Waals surface area contributed by atoms with Crippen molar-refractivity contribution in [3.8, 4) is 6.07 Å². The molecule has 1 aromatic carbocycles. The van der Waals surface area contributed by atoms with Gasteiger partial charge in [-0.3, -0.25) is 14.5 Å². The van der Waals surface area contributed by atoms with Crippen LogP contribution in [0.5, 0.6) is 0 Å². The molecule has 1 atom stereocenters. The molecule has 5 rings (SSSR count). The zero-order chi connectivity index (χ0) is 28.8. The van der Waals surface area contributed by atoms with Crippen LogP contribution in [0.2, 0.25) is 0 Å². The summed E-state index contributed by atoms with van der Waals surface area (Å²) in [5.74, 6) is 0.634. The number of nitrogens with one attached hydrogen (secondary N) is 1. The van der Waals surface area contributed by atoms with Gasteiger partial charge < -0.3 is 15.5 Å². The van der Waals surface area contributed by atoms with Crippen molar-refractivity contribution < 1.29 is 14.0 Å². The highest BCUT2D eigenvalue weighted by Crippen LogP contribution is 2.51. The van der Waals surface area contributed by atoms with Gasteiger partial charge in [0.05, 0.1) is 23.3 Å². The first-order chi connectivity index (χ1) is 19.0. The smallest absolute Gasteiger partial charge is 0.234 e. The van der Waals surface area contributed by atoms with Crippen molar-refractivity contribution in [2.24, 2.45) is 11.1 Å². The van der Waals surface area contributed by atoms with Crippen LogP contribution in [0.15, 0.2) is 66.2 Å². The van der Waals surface area contributed by atoms with Gasteiger partial charge in [-0.25, -0.2) is 0 Å². The van der Waals surface area contributed by atoms with E-state index in [1.165, 1.54) is 23.1 Å². The number of thioether (sulfide) groups is 1. The lowest BCUT2D eigenvalue weighted by Gasteiger charge is -2.42. The fraction of sp³-hybridized carbons (Fsp3) is 0.321. The number of carbonyl (C=O) groups is 2. The number of ketones is 1. The summed E-state index contributed by atoms with van der Waals surface area (Å²) in [5, 5.41) is 22.2. The molecule has 0 spiro atoms. The van der Waals surface area contributed by atoms with Gasteiger partial charge in [-0.1, -0.05) is 52.9 Å². The number of hydrogen-bond donors (Lipinski definition) is 2. The van der Waals surface area contributed by atoms with Crippen molar-refractivity contribution in [2.75, 3.05) is 16.0 Å². The molecule has 1 aliphatic carbocycles. The lowest BCUT2D eigenvalue weighted by Crippen LogP contribution is -2.42. The van der Waals surface area contributed by atoms with Gasteiger partial charge in [0, 0.05) is 27.9 Å². The third-order valence-corrected chi connectivity index (χ3v) is 9.34. The summed E-state index contributed by atoms with van der Waals surface area (Å²) >= 11 is 5.94. The Morgan fingerprint density at radius 2 is 2.08 bits per heavy atom. The molecule has 9 nitrogen and oxygen atoms in total. The zero-order valence-corrected chi connectivity index (χ0v) is 25.6. The van der Waals surface area contributed by atoms with E-state index in [-0.39, 0.29) is 34.3 Å². The molecule has 12 heteroatoms. The second kappa shape index (κ2) is 10.9. The first kappa shape index (κ1) is 28.1. The zero-order valence-electron chi connectivity index (χ0n) is 22.4. The molecule has 2 aliphatic rings. The number of aromatic nitrogens is 2. The Morgan fingerprint density at radius 1 is 1.30 bits per heavy atom. The summed E-state index contributed by atoms with van der Waals surface area (Å²) in [5.41, 5.74) is 9.46. The number of benzene rings is 1. The highest BCUT2D eigenvalue weighted by molar-refractivity contribution is 9.10. The number of aryl methyl sites for hydroxylation is 2. The number of nitriles is 1. The van der Waals surface area contributed by atoms with Crippen LogP contribution < -0.4 is 16.0 Å². The van der Waals surface area contributed by atoms with Crippen LogP contribution in [0.3, 0.4) is 0 Å². The van der Waals surface area contributed by atoms with E-state index in [9.17, 15) is 14.9 Å². The highest BCUT2D eigenvalue weighted by atomic mass is 79.9. The van der Waals surface area contributed by atoms with Crippen LogP contribution in [-0.2, 0) is 9.59 Å². The van der Waals surface area contributed by atoms with E-state index in [0.29, 0.717) is 45.1 Å². The van der Waals surface area contributed by atoms with Gasteiger partial charge in [-0.05, 0) is 61.6 Å². The van der Waals surface area contributed by atoms with Gasteiger partial charge in [-0.15, -0.1) is 10.2 Å². The Labute approximate surface area is 248 Å². The quantitative estimate of drug-likeness (QED) is 0.303. The van der Waals surface area contributed by atoms with E-state index in [0.717, 1.165) is 15.7 Å². The molecule has 0 bridgehead atoms. The number of carbonyl (C=O) groups excluding carboxylic acids is 2. The first-order valence-electron chi connectivity index (χ1n) is 12.5. The van der Waals surface area contributed by atoms with E-state index in [1.807, 2.05) is 52.0 Å². The van der Waals surface area contributed by atoms with Gasteiger partial charge in [0.1, 0.15) is 17.3 Å². The van der Waals surface area contributed by atoms with Gasteiger partial charge in [0.15, 0.2) is 10.1 Å². The number of nitrogens with zero attached hydrogens (tertiary/aromatic N) is 4. The van der Waals surface area contributed by atoms with Gasteiger partial charge >= 0.3 is 0 Å². The summed E-state index contributed by atoms with van der Waals surface area (Å²) < 4.78 is 7.40. The van der Waals surface area contributed by atoms with Crippen LogP contribution in [0.1, 0.15) is 49.7 Å². The van der Waals surface area contributed by atoms with Crippen LogP contribution in [0.4, 0.5) is 10.8 Å². The second-order valence-electron chi connectivity index (χ2n) is 10.6. The van der Waals surface area contributed by atoms with Crippen molar-refractivity contribution in [3.63, 3.8) is 0 Å². The summed E-state index contributed by atoms with van der Waals surface area (Å²) in [6.45, 7) is 7.81.